The monoisotopic (exact) mass is 479 g/mol. The van der Waals surface area contributed by atoms with Crippen LogP contribution in [0.4, 0.5) is 32.0 Å². The standard InChI is InChI=1S/C18H9ClF6N4O3/c19-14-13(16(30)29-9-5-6-27-28-7-9)12(8-26-15(14)17(20,21)22)31-10-1-3-11(4-2-10)32-18(23,24)25/h1-8H,(H,27,29,30)/p+1. The van der Waals surface area contributed by atoms with Crippen molar-refractivity contribution in [3.8, 4) is 17.2 Å². The lowest BCUT2D eigenvalue weighted by atomic mass is 10.1. The number of benzene rings is 1. The number of pyridine rings is 1. The van der Waals surface area contributed by atoms with Crippen molar-refractivity contribution in [1.82, 2.24) is 10.2 Å². The largest absolute Gasteiger partial charge is 0.573 e. The fraction of sp³-hybridized carbons (Fsp3) is 0.111. The highest BCUT2D eigenvalue weighted by Gasteiger charge is 2.43. The van der Waals surface area contributed by atoms with E-state index in [1.54, 1.807) is 0 Å². The second kappa shape index (κ2) is 8.86. The van der Waals surface area contributed by atoms with Crippen molar-refractivity contribution in [2.24, 2.45) is 0 Å². The average Bonchev–Trinajstić information content (AvgIpc) is 2.68. The Morgan fingerprint density at radius 1 is 1.00 bits per heavy atom. The summed E-state index contributed by atoms with van der Waals surface area (Å²) in [5, 5.41) is 8.36. The second-order valence-corrected chi connectivity index (χ2v) is 6.30. The first-order chi connectivity index (χ1) is 14.9. The van der Waals surface area contributed by atoms with Crippen molar-refractivity contribution < 1.29 is 45.6 Å². The lowest BCUT2D eigenvalue weighted by Crippen LogP contribution is -2.25. The summed E-state index contributed by atoms with van der Waals surface area (Å²) in [6.07, 6.45) is -6.70. The zero-order chi connectivity index (χ0) is 23.5. The molecule has 0 aliphatic heterocycles. The van der Waals surface area contributed by atoms with Crippen molar-refractivity contribution in [2.75, 3.05) is 5.32 Å². The number of nitrogens with zero attached hydrogens (tertiary/aromatic N) is 2. The minimum absolute atomic E-state index is 0.108. The number of H-pyrrole nitrogens is 1. The number of ether oxygens (including phenoxy) is 2. The van der Waals surface area contributed by atoms with E-state index in [0.717, 1.165) is 36.7 Å². The normalized spacial score (nSPS) is 11.7. The van der Waals surface area contributed by atoms with Crippen LogP contribution in [0.3, 0.4) is 0 Å². The molecule has 2 N–H and O–H groups in total. The van der Waals surface area contributed by atoms with Crippen molar-refractivity contribution >= 4 is 23.2 Å². The molecule has 3 rings (SSSR count). The van der Waals surface area contributed by atoms with Gasteiger partial charge in [-0.3, -0.25) is 4.79 Å². The molecule has 0 aliphatic rings. The number of hydrogen-bond acceptors (Lipinski definition) is 5. The molecule has 0 atom stereocenters. The first-order valence-electron chi connectivity index (χ1n) is 8.37. The third-order valence-electron chi connectivity index (χ3n) is 3.67. The summed E-state index contributed by atoms with van der Waals surface area (Å²) in [5.41, 5.74) is -1.97. The van der Waals surface area contributed by atoms with Crippen LogP contribution in [-0.2, 0) is 6.18 Å². The smallest absolute Gasteiger partial charge is 0.450 e. The molecule has 3 aromatic rings. The number of carbonyl (C=O) groups excluding carboxylic acids is 1. The highest BCUT2D eigenvalue weighted by atomic mass is 35.5. The van der Waals surface area contributed by atoms with E-state index in [1.165, 1.54) is 12.3 Å². The number of alkyl halides is 6. The van der Waals surface area contributed by atoms with Crippen LogP contribution in [0.15, 0.2) is 48.9 Å². The summed E-state index contributed by atoms with van der Waals surface area (Å²) in [6, 6.07) is 5.28. The van der Waals surface area contributed by atoms with E-state index < -0.39 is 46.2 Å². The van der Waals surface area contributed by atoms with Crippen LogP contribution >= 0.6 is 11.6 Å². The van der Waals surface area contributed by atoms with Gasteiger partial charge in [-0.05, 0) is 30.3 Å². The van der Waals surface area contributed by atoms with E-state index in [1.807, 2.05) is 4.98 Å². The number of aromatic amines is 1. The maximum Gasteiger partial charge on any atom is 0.573 e. The Labute approximate surface area is 180 Å². The highest BCUT2D eigenvalue weighted by Crippen LogP contribution is 2.38. The van der Waals surface area contributed by atoms with Crippen molar-refractivity contribution in [1.29, 1.82) is 0 Å². The molecule has 0 radical (unpaired) electrons. The van der Waals surface area contributed by atoms with E-state index >= 15 is 0 Å². The zero-order valence-electron chi connectivity index (χ0n) is 15.4. The maximum absolute atomic E-state index is 13.2. The van der Waals surface area contributed by atoms with E-state index in [-0.39, 0.29) is 11.4 Å². The molecule has 0 aliphatic carbocycles. The molecule has 0 unspecified atom stereocenters. The summed E-state index contributed by atoms with van der Waals surface area (Å²) < 4.78 is 85.7. The molecule has 0 fully saturated rings. The molecular formula is C18H10ClF6N4O3+. The molecule has 2 aromatic heterocycles. The van der Waals surface area contributed by atoms with Gasteiger partial charge < -0.3 is 14.8 Å². The quantitative estimate of drug-likeness (QED) is 0.526. The minimum Gasteiger partial charge on any atom is -0.450 e. The molecule has 168 valence electrons. The Morgan fingerprint density at radius 3 is 2.22 bits per heavy atom. The van der Waals surface area contributed by atoms with Gasteiger partial charge in [0.05, 0.1) is 18.1 Å². The SMILES string of the molecule is O=C(Nc1ccnnc1)c1c(Oc2ccc(OC(F)(F)F)cc2)c[nH+]c(C(F)(F)F)c1Cl. The van der Waals surface area contributed by atoms with Crippen LogP contribution in [0.1, 0.15) is 16.1 Å². The van der Waals surface area contributed by atoms with Gasteiger partial charge in [0.15, 0.2) is 0 Å². The van der Waals surface area contributed by atoms with Crippen LogP contribution in [0.25, 0.3) is 0 Å². The Balaban J connectivity index is 1.96. The lowest BCUT2D eigenvalue weighted by Gasteiger charge is -2.13. The molecule has 0 spiro atoms. The zero-order valence-corrected chi connectivity index (χ0v) is 16.1. The van der Waals surface area contributed by atoms with E-state index in [0.29, 0.717) is 0 Å². The molecular weight excluding hydrogens is 470 g/mol. The Kier molecular flexibility index (Phi) is 6.39. The number of hydrogen-bond donors (Lipinski definition) is 1. The maximum atomic E-state index is 13.2. The van der Waals surface area contributed by atoms with Gasteiger partial charge in [-0.1, -0.05) is 11.6 Å². The number of rotatable bonds is 5. The number of anilines is 1. The number of halogens is 7. The summed E-state index contributed by atoms with van der Waals surface area (Å²) in [5.74, 6) is -2.14. The van der Waals surface area contributed by atoms with Gasteiger partial charge in [-0.2, -0.15) is 23.4 Å². The van der Waals surface area contributed by atoms with Crippen LogP contribution in [-0.4, -0.2) is 22.5 Å². The summed E-state index contributed by atoms with van der Waals surface area (Å²) >= 11 is 5.86. The van der Waals surface area contributed by atoms with Crippen molar-refractivity contribution in [3.05, 3.63) is 65.2 Å². The Bertz CT molecular complexity index is 1110. The molecule has 1 amide bonds. The van der Waals surface area contributed by atoms with E-state index in [2.05, 4.69) is 20.3 Å². The fourth-order valence-electron chi connectivity index (χ4n) is 2.40. The average molecular weight is 480 g/mol. The van der Waals surface area contributed by atoms with Gasteiger partial charge in [0, 0.05) is 0 Å². The predicted octanol–water partition coefficient (Wildman–Crippen LogP) is 4.91. The molecule has 1 aromatic carbocycles. The highest BCUT2D eigenvalue weighted by molar-refractivity contribution is 6.35. The van der Waals surface area contributed by atoms with Crippen LogP contribution < -0.4 is 19.8 Å². The lowest BCUT2D eigenvalue weighted by molar-refractivity contribution is -0.426. The molecule has 32 heavy (non-hydrogen) atoms. The summed E-state index contributed by atoms with van der Waals surface area (Å²) in [7, 11) is 0. The predicted molar refractivity (Wildman–Crippen MR) is 96.2 cm³/mol. The van der Waals surface area contributed by atoms with E-state index in [9.17, 15) is 31.1 Å². The molecule has 0 saturated heterocycles. The van der Waals surface area contributed by atoms with Gasteiger partial charge >= 0.3 is 18.2 Å². The number of carbonyl (C=O) groups is 1. The number of aromatic nitrogens is 3. The van der Waals surface area contributed by atoms with Gasteiger partial charge in [0.2, 0.25) is 11.9 Å². The number of nitrogens with one attached hydrogen (secondary N) is 2. The Hall–Kier alpha value is -3.61. The van der Waals surface area contributed by atoms with Crippen LogP contribution in [0, 0.1) is 0 Å². The van der Waals surface area contributed by atoms with Crippen LogP contribution in [0.5, 0.6) is 17.2 Å². The van der Waals surface area contributed by atoms with Gasteiger partial charge in [-0.25, -0.2) is 4.98 Å². The molecule has 7 nitrogen and oxygen atoms in total. The second-order valence-electron chi connectivity index (χ2n) is 5.92. The fourth-order valence-corrected chi connectivity index (χ4v) is 2.74. The van der Waals surface area contributed by atoms with Gasteiger partial charge in [-0.15, -0.1) is 13.2 Å². The molecule has 14 heteroatoms. The van der Waals surface area contributed by atoms with Gasteiger partial charge in [0.25, 0.3) is 5.91 Å². The molecule has 0 saturated carbocycles. The molecule has 0 bridgehead atoms. The van der Waals surface area contributed by atoms with Crippen LogP contribution in [0.2, 0.25) is 5.02 Å². The summed E-state index contributed by atoms with van der Waals surface area (Å²) in [6.45, 7) is 0. The first kappa shape index (κ1) is 23.1. The topological polar surface area (TPSA) is 87.5 Å². The Morgan fingerprint density at radius 2 is 1.66 bits per heavy atom. The first-order valence-corrected chi connectivity index (χ1v) is 8.75. The van der Waals surface area contributed by atoms with Crippen molar-refractivity contribution in [3.63, 3.8) is 0 Å². The molecule has 2 heterocycles. The summed E-state index contributed by atoms with van der Waals surface area (Å²) in [4.78, 5) is 14.6. The van der Waals surface area contributed by atoms with Crippen molar-refractivity contribution in [2.45, 2.75) is 12.5 Å². The minimum atomic E-state index is -4.92. The third-order valence-corrected chi connectivity index (χ3v) is 4.05. The third kappa shape index (κ3) is 5.75. The number of amides is 1. The van der Waals surface area contributed by atoms with Gasteiger partial charge in [0.1, 0.15) is 22.1 Å². The van der Waals surface area contributed by atoms with E-state index in [4.69, 9.17) is 16.3 Å².